The molecule has 186 valence electrons. The van der Waals surface area contributed by atoms with Crippen molar-refractivity contribution in [1.29, 1.82) is 0 Å². The van der Waals surface area contributed by atoms with Gasteiger partial charge in [-0.3, -0.25) is 4.79 Å². The lowest BCUT2D eigenvalue weighted by Crippen LogP contribution is -2.25. The summed E-state index contributed by atoms with van der Waals surface area (Å²) in [4.78, 5) is 20.2. The summed E-state index contributed by atoms with van der Waals surface area (Å²) < 4.78 is 41.0. The van der Waals surface area contributed by atoms with Crippen molar-refractivity contribution in [2.75, 3.05) is 26.4 Å². The highest BCUT2D eigenvalue weighted by atomic mass is 32.2. The van der Waals surface area contributed by atoms with E-state index in [9.17, 15) is 13.2 Å². The molecular formula is C23H33N5O5S. The van der Waals surface area contributed by atoms with Gasteiger partial charge in [0.15, 0.2) is 11.3 Å². The molecule has 3 rings (SSSR count). The molecule has 2 heterocycles. The molecule has 0 aliphatic carbocycles. The summed E-state index contributed by atoms with van der Waals surface area (Å²) in [6.07, 6.45) is 2.83. The number of aromatic nitrogens is 4. The Morgan fingerprint density at radius 3 is 2.65 bits per heavy atom. The highest BCUT2D eigenvalue weighted by Crippen LogP contribution is 2.30. The topological polar surface area (TPSA) is 128 Å². The lowest BCUT2D eigenvalue weighted by molar-refractivity contribution is 0.146. The number of nitrogens with one attached hydrogen (secondary N) is 2. The Morgan fingerprint density at radius 2 is 1.94 bits per heavy atom. The molecule has 3 aromatic rings. The average Bonchev–Trinajstić information content (AvgIpc) is 3.13. The molecule has 2 aromatic heterocycles. The number of rotatable bonds is 13. The first-order valence-electron chi connectivity index (χ1n) is 11.7. The van der Waals surface area contributed by atoms with Crippen LogP contribution in [-0.4, -0.2) is 54.4 Å². The first-order valence-corrected chi connectivity index (χ1v) is 13.1. The summed E-state index contributed by atoms with van der Waals surface area (Å²) in [6.45, 7) is 9.41. The highest BCUT2D eigenvalue weighted by molar-refractivity contribution is 7.89. The van der Waals surface area contributed by atoms with Crippen molar-refractivity contribution in [3.8, 4) is 17.1 Å². The Bertz CT molecular complexity index is 1280. The number of hydrogen-bond acceptors (Lipinski definition) is 7. The average molecular weight is 492 g/mol. The third kappa shape index (κ3) is 5.83. The number of hydrogen-bond donors (Lipinski definition) is 2. The standard InChI is InChI=1S/C23H33N5O5S/c1-5-9-20-25-16(4)21-23(29)26-22(27-28(20)21)18-15-17(10-11-19(18)33-13-6-2)34(30,31)24-12-8-14-32-7-3/h10-11,15,24H,5-9,12-14H2,1-4H3,(H,26,27,29). The van der Waals surface area contributed by atoms with Gasteiger partial charge in [0.05, 0.1) is 22.8 Å². The number of fused-ring (bicyclic) bond motifs is 1. The fourth-order valence-electron chi connectivity index (χ4n) is 3.55. The van der Waals surface area contributed by atoms with Gasteiger partial charge in [0.2, 0.25) is 10.0 Å². The number of benzene rings is 1. The van der Waals surface area contributed by atoms with Crippen LogP contribution in [0.25, 0.3) is 16.9 Å². The van der Waals surface area contributed by atoms with Gasteiger partial charge < -0.3 is 14.5 Å². The second kappa shape index (κ2) is 11.6. The normalized spacial score (nSPS) is 11.9. The Labute approximate surface area is 199 Å². The van der Waals surface area contributed by atoms with Gasteiger partial charge in [0.25, 0.3) is 5.56 Å². The summed E-state index contributed by atoms with van der Waals surface area (Å²) in [6, 6.07) is 4.55. The molecule has 0 saturated heterocycles. The van der Waals surface area contributed by atoms with Crippen molar-refractivity contribution in [1.82, 2.24) is 24.3 Å². The molecule has 1 aromatic carbocycles. The molecule has 0 radical (unpaired) electrons. The van der Waals surface area contributed by atoms with Crippen LogP contribution >= 0.6 is 0 Å². The van der Waals surface area contributed by atoms with E-state index in [1.807, 2.05) is 20.8 Å². The number of sulfonamides is 1. The molecule has 0 saturated carbocycles. The zero-order valence-corrected chi connectivity index (χ0v) is 21.0. The number of H-pyrrole nitrogens is 1. The van der Waals surface area contributed by atoms with Gasteiger partial charge in [-0.15, -0.1) is 5.10 Å². The molecule has 2 N–H and O–H groups in total. The fourth-order valence-corrected chi connectivity index (χ4v) is 4.65. The van der Waals surface area contributed by atoms with E-state index in [-0.39, 0.29) is 22.8 Å². The van der Waals surface area contributed by atoms with Gasteiger partial charge in [-0.25, -0.2) is 22.6 Å². The van der Waals surface area contributed by atoms with Crippen LogP contribution < -0.4 is 15.0 Å². The summed E-state index contributed by atoms with van der Waals surface area (Å²) in [7, 11) is -3.78. The molecule has 0 aliphatic rings. The Balaban J connectivity index is 2.06. The predicted octanol–water partition coefficient (Wildman–Crippen LogP) is 2.84. The minimum atomic E-state index is -3.78. The first kappa shape index (κ1) is 25.9. The largest absolute Gasteiger partial charge is 0.493 e. The van der Waals surface area contributed by atoms with Crippen molar-refractivity contribution in [3.63, 3.8) is 0 Å². The molecule has 0 aliphatic heterocycles. The van der Waals surface area contributed by atoms with Crippen LogP contribution in [0.3, 0.4) is 0 Å². The second-order valence-electron chi connectivity index (χ2n) is 7.88. The van der Waals surface area contributed by atoms with E-state index in [1.54, 1.807) is 17.5 Å². The van der Waals surface area contributed by atoms with Gasteiger partial charge in [-0.1, -0.05) is 13.8 Å². The van der Waals surface area contributed by atoms with E-state index < -0.39 is 10.0 Å². The third-order valence-electron chi connectivity index (χ3n) is 5.16. The maximum Gasteiger partial charge on any atom is 0.277 e. The molecule has 10 nitrogen and oxygen atoms in total. The molecule has 0 atom stereocenters. The van der Waals surface area contributed by atoms with Crippen molar-refractivity contribution in [2.24, 2.45) is 0 Å². The van der Waals surface area contributed by atoms with Gasteiger partial charge in [0.1, 0.15) is 11.6 Å². The SMILES string of the molecule is CCCOc1ccc(S(=O)(=O)NCCCOCC)cc1-c1nn2c(CCC)nc(C)c2c(=O)[nH]1. The lowest BCUT2D eigenvalue weighted by Gasteiger charge is -2.13. The summed E-state index contributed by atoms with van der Waals surface area (Å²) in [5, 5.41) is 4.62. The van der Waals surface area contributed by atoms with Crippen LogP contribution in [0.5, 0.6) is 5.75 Å². The number of aryl methyl sites for hydroxylation is 2. The summed E-state index contributed by atoms with van der Waals surface area (Å²) in [5.41, 5.74) is 1.02. The molecule has 0 amide bonds. The van der Waals surface area contributed by atoms with E-state index in [4.69, 9.17) is 9.47 Å². The van der Waals surface area contributed by atoms with Crippen LogP contribution in [0, 0.1) is 6.92 Å². The zero-order chi connectivity index (χ0) is 24.7. The zero-order valence-electron chi connectivity index (χ0n) is 20.2. The monoisotopic (exact) mass is 491 g/mol. The van der Waals surface area contributed by atoms with Crippen molar-refractivity contribution in [3.05, 3.63) is 40.1 Å². The predicted molar refractivity (Wildman–Crippen MR) is 130 cm³/mol. The van der Waals surface area contributed by atoms with Crippen molar-refractivity contribution < 1.29 is 17.9 Å². The van der Waals surface area contributed by atoms with Crippen LogP contribution in [0.2, 0.25) is 0 Å². The minimum absolute atomic E-state index is 0.0566. The van der Waals surface area contributed by atoms with Gasteiger partial charge in [0, 0.05) is 26.2 Å². The summed E-state index contributed by atoms with van der Waals surface area (Å²) in [5.74, 6) is 1.33. The number of aromatic amines is 1. The van der Waals surface area contributed by atoms with Crippen LogP contribution in [-0.2, 0) is 21.2 Å². The molecule has 11 heteroatoms. The Hall–Kier alpha value is -2.76. The molecule has 0 unspecified atom stereocenters. The van der Waals surface area contributed by atoms with E-state index in [2.05, 4.69) is 19.8 Å². The van der Waals surface area contributed by atoms with Crippen LogP contribution in [0.15, 0.2) is 27.9 Å². The van der Waals surface area contributed by atoms with E-state index in [0.717, 1.165) is 12.8 Å². The molecule has 0 spiro atoms. The summed E-state index contributed by atoms with van der Waals surface area (Å²) >= 11 is 0. The Morgan fingerprint density at radius 1 is 1.15 bits per heavy atom. The fraction of sp³-hybridized carbons (Fsp3) is 0.522. The molecule has 0 bridgehead atoms. The molecular weight excluding hydrogens is 458 g/mol. The van der Waals surface area contributed by atoms with Crippen molar-refractivity contribution in [2.45, 2.75) is 58.3 Å². The van der Waals surface area contributed by atoms with Gasteiger partial charge >= 0.3 is 0 Å². The van der Waals surface area contributed by atoms with Crippen LogP contribution in [0.1, 0.15) is 51.6 Å². The van der Waals surface area contributed by atoms with Crippen molar-refractivity contribution >= 4 is 15.5 Å². The number of nitrogens with zero attached hydrogens (tertiary/aromatic N) is 3. The first-order chi connectivity index (χ1) is 16.3. The van der Waals surface area contributed by atoms with Crippen LogP contribution in [0.4, 0.5) is 0 Å². The number of ether oxygens (including phenoxy) is 2. The molecule has 0 fully saturated rings. The van der Waals surface area contributed by atoms with Gasteiger partial charge in [-0.2, -0.15) is 0 Å². The highest BCUT2D eigenvalue weighted by Gasteiger charge is 2.20. The van der Waals surface area contributed by atoms with E-state index >= 15 is 0 Å². The smallest absolute Gasteiger partial charge is 0.277 e. The van der Waals surface area contributed by atoms with E-state index in [0.29, 0.717) is 61.0 Å². The lowest BCUT2D eigenvalue weighted by atomic mass is 10.2. The van der Waals surface area contributed by atoms with Gasteiger partial charge in [-0.05, 0) is 51.3 Å². The third-order valence-corrected chi connectivity index (χ3v) is 6.61. The number of imidazole rings is 1. The quantitative estimate of drug-likeness (QED) is 0.352. The van der Waals surface area contributed by atoms with E-state index in [1.165, 1.54) is 12.1 Å². The maximum absolute atomic E-state index is 12.9. The Kier molecular flexibility index (Phi) is 8.81. The molecule has 34 heavy (non-hydrogen) atoms. The minimum Gasteiger partial charge on any atom is -0.493 e. The maximum atomic E-state index is 12.9. The second-order valence-corrected chi connectivity index (χ2v) is 9.65.